The molecule has 96 valence electrons. The highest BCUT2D eigenvalue weighted by Crippen LogP contribution is 2.03. The third-order valence-corrected chi connectivity index (χ3v) is 2.56. The monoisotopic (exact) mass is 256 g/mol. The molecule has 0 aliphatic rings. The van der Waals surface area contributed by atoms with Gasteiger partial charge in [0.2, 0.25) is 0 Å². The molecule has 0 saturated heterocycles. The first-order valence-corrected chi connectivity index (χ1v) is 5.81. The van der Waals surface area contributed by atoms with Crippen LogP contribution in [0.15, 0.2) is 53.6 Å². The summed E-state index contributed by atoms with van der Waals surface area (Å²) in [5, 5.41) is 3.85. The summed E-state index contributed by atoms with van der Waals surface area (Å²) < 4.78 is 12.7. The van der Waals surface area contributed by atoms with Crippen molar-refractivity contribution in [1.82, 2.24) is 5.43 Å². The predicted octanol–water partition coefficient (Wildman–Crippen LogP) is 2.90. The minimum atomic E-state index is -0.375. The standard InChI is InChI=1S/C15H13FN2O/c1-11-2-4-12(5-3-11)10-17-18-15(19)13-6-8-14(16)9-7-13/h2-10H,1H3,(H,18,19)/b17-10+. The molecular weight excluding hydrogens is 243 g/mol. The maximum atomic E-state index is 12.7. The third kappa shape index (κ3) is 3.74. The van der Waals surface area contributed by atoms with Crippen LogP contribution < -0.4 is 5.43 Å². The number of nitrogens with zero attached hydrogens (tertiary/aromatic N) is 1. The van der Waals surface area contributed by atoms with E-state index in [1.165, 1.54) is 24.3 Å². The van der Waals surface area contributed by atoms with Gasteiger partial charge in [-0.1, -0.05) is 29.8 Å². The number of carbonyl (C=O) groups is 1. The minimum Gasteiger partial charge on any atom is -0.267 e. The predicted molar refractivity (Wildman–Crippen MR) is 72.6 cm³/mol. The Kier molecular flexibility index (Phi) is 4.03. The second kappa shape index (κ2) is 5.91. The fraction of sp³-hybridized carbons (Fsp3) is 0.0667. The molecule has 1 amide bonds. The van der Waals surface area contributed by atoms with Crippen LogP contribution in [0.2, 0.25) is 0 Å². The number of benzene rings is 2. The molecule has 0 unspecified atom stereocenters. The van der Waals surface area contributed by atoms with Gasteiger partial charge in [0.15, 0.2) is 0 Å². The molecule has 2 rings (SSSR count). The van der Waals surface area contributed by atoms with E-state index in [4.69, 9.17) is 0 Å². The lowest BCUT2D eigenvalue weighted by Gasteiger charge is -1.99. The molecule has 2 aromatic carbocycles. The zero-order valence-electron chi connectivity index (χ0n) is 10.4. The second-order valence-electron chi connectivity index (χ2n) is 4.12. The van der Waals surface area contributed by atoms with Crippen LogP contribution in [-0.2, 0) is 0 Å². The van der Waals surface area contributed by atoms with Crippen molar-refractivity contribution in [2.75, 3.05) is 0 Å². The number of amides is 1. The molecule has 19 heavy (non-hydrogen) atoms. The largest absolute Gasteiger partial charge is 0.271 e. The molecule has 3 nitrogen and oxygen atoms in total. The van der Waals surface area contributed by atoms with Crippen LogP contribution in [0.25, 0.3) is 0 Å². The first-order valence-electron chi connectivity index (χ1n) is 5.81. The molecule has 0 heterocycles. The first kappa shape index (κ1) is 13.0. The average molecular weight is 256 g/mol. The minimum absolute atomic E-state index is 0.363. The molecule has 0 aliphatic heterocycles. The lowest BCUT2D eigenvalue weighted by molar-refractivity contribution is 0.0955. The maximum Gasteiger partial charge on any atom is 0.271 e. The normalized spacial score (nSPS) is 10.6. The quantitative estimate of drug-likeness (QED) is 0.665. The van der Waals surface area contributed by atoms with Gasteiger partial charge in [-0.15, -0.1) is 0 Å². The number of carbonyl (C=O) groups excluding carboxylic acids is 1. The maximum absolute atomic E-state index is 12.7. The van der Waals surface area contributed by atoms with Crippen molar-refractivity contribution < 1.29 is 9.18 Å². The SMILES string of the molecule is Cc1ccc(/C=N/NC(=O)c2ccc(F)cc2)cc1. The Morgan fingerprint density at radius 1 is 1.11 bits per heavy atom. The molecule has 2 aromatic rings. The highest BCUT2D eigenvalue weighted by Gasteiger charge is 2.03. The van der Waals surface area contributed by atoms with Crippen molar-refractivity contribution in [3.8, 4) is 0 Å². The van der Waals surface area contributed by atoms with Crippen LogP contribution >= 0.6 is 0 Å². The van der Waals surface area contributed by atoms with Crippen molar-refractivity contribution in [3.63, 3.8) is 0 Å². The van der Waals surface area contributed by atoms with E-state index >= 15 is 0 Å². The number of hydrogen-bond donors (Lipinski definition) is 1. The molecular formula is C15H13FN2O. The molecule has 0 aliphatic carbocycles. The summed E-state index contributed by atoms with van der Waals surface area (Å²) in [6.07, 6.45) is 1.56. The number of hydrogen-bond acceptors (Lipinski definition) is 2. The zero-order valence-corrected chi connectivity index (χ0v) is 10.4. The molecule has 0 saturated carbocycles. The summed E-state index contributed by atoms with van der Waals surface area (Å²) in [6.45, 7) is 2.00. The van der Waals surface area contributed by atoms with Gasteiger partial charge in [0.05, 0.1) is 6.21 Å². The van der Waals surface area contributed by atoms with Gasteiger partial charge in [0.1, 0.15) is 5.82 Å². The molecule has 0 atom stereocenters. The summed E-state index contributed by atoms with van der Waals surface area (Å²) >= 11 is 0. The molecule has 1 N–H and O–H groups in total. The Balaban J connectivity index is 1.96. The van der Waals surface area contributed by atoms with Gasteiger partial charge in [-0.2, -0.15) is 5.10 Å². The van der Waals surface area contributed by atoms with Crippen LogP contribution in [0.3, 0.4) is 0 Å². The zero-order chi connectivity index (χ0) is 13.7. The van der Waals surface area contributed by atoms with Crippen LogP contribution in [0, 0.1) is 12.7 Å². The number of rotatable bonds is 3. The van der Waals surface area contributed by atoms with Gasteiger partial charge in [-0.3, -0.25) is 4.79 Å². The van der Waals surface area contributed by atoms with Gasteiger partial charge in [-0.25, -0.2) is 9.82 Å². The van der Waals surface area contributed by atoms with Gasteiger partial charge >= 0.3 is 0 Å². The highest BCUT2D eigenvalue weighted by molar-refractivity contribution is 5.94. The van der Waals surface area contributed by atoms with Crippen molar-refractivity contribution >= 4 is 12.1 Å². The number of aryl methyl sites for hydroxylation is 1. The Morgan fingerprint density at radius 3 is 2.37 bits per heavy atom. The van der Waals surface area contributed by atoms with Crippen molar-refractivity contribution in [3.05, 3.63) is 71.0 Å². The molecule has 0 fully saturated rings. The number of nitrogens with one attached hydrogen (secondary N) is 1. The van der Waals surface area contributed by atoms with E-state index < -0.39 is 0 Å². The van der Waals surface area contributed by atoms with E-state index in [1.54, 1.807) is 6.21 Å². The summed E-state index contributed by atoms with van der Waals surface area (Å²) in [5.74, 6) is -0.747. The van der Waals surface area contributed by atoms with Crippen molar-refractivity contribution in [2.24, 2.45) is 5.10 Å². The Bertz CT molecular complexity index is 589. The third-order valence-electron chi connectivity index (χ3n) is 2.56. The van der Waals surface area contributed by atoms with Crippen LogP contribution in [0.1, 0.15) is 21.5 Å². The van der Waals surface area contributed by atoms with Crippen molar-refractivity contribution in [1.29, 1.82) is 0 Å². The lowest BCUT2D eigenvalue weighted by Crippen LogP contribution is -2.17. The van der Waals surface area contributed by atoms with Gasteiger partial charge < -0.3 is 0 Å². The first-order chi connectivity index (χ1) is 9.15. The van der Waals surface area contributed by atoms with E-state index in [0.717, 1.165) is 11.1 Å². The summed E-state index contributed by atoms with van der Waals surface area (Å²) in [6, 6.07) is 13.0. The van der Waals surface area contributed by atoms with E-state index in [0.29, 0.717) is 5.56 Å². The summed E-state index contributed by atoms with van der Waals surface area (Å²) in [7, 11) is 0. The lowest BCUT2D eigenvalue weighted by atomic mass is 10.2. The molecule has 0 radical (unpaired) electrons. The highest BCUT2D eigenvalue weighted by atomic mass is 19.1. The Morgan fingerprint density at radius 2 is 1.74 bits per heavy atom. The summed E-state index contributed by atoms with van der Waals surface area (Å²) in [4.78, 5) is 11.7. The van der Waals surface area contributed by atoms with E-state index in [2.05, 4.69) is 10.5 Å². The van der Waals surface area contributed by atoms with Crippen LogP contribution in [0.4, 0.5) is 4.39 Å². The molecule has 0 bridgehead atoms. The van der Waals surface area contributed by atoms with E-state index in [1.807, 2.05) is 31.2 Å². The fourth-order valence-corrected chi connectivity index (χ4v) is 1.48. The van der Waals surface area contributed by atoms with Crippen LogP contribution in [0.5, 0.6) is 0 Å². The number of halogens is 1. The Labute approximate surface area is 110 Å². The van der Waals surface area contributed by atoms with Gasteiger partial charge in [0.25, 0.3) is 5.91 Å². The van der Waals surface area contributed by atoms with Crippen molar-refractivity contribution in [2.45, 2.75) is 6.92 Å². The average Bonchev–Trinajstić information content (AvgIpc) is 2.41. The summed E-state index contributed by atoms with van der Waals surface area (Å²) in [5.41, 5.74) is 4.81. The topological polar surface area (TPSA) is 41.5 Å². The molecule has 0 aromatic heterocycles. The Hall–Kier alpha value is -2.49. The van der Waals surface area contributed by atoms with E-state index in [9.17, 15) is 9.18 Å². The fourth-order valence-electron chi connectivity index (χ4n) is 1.48. The van der Waals surface area contributed by atoms with Gasteiger partial charge in [0, 0.05) is 5.56 Å². The molecule has 0 spiro atoms. The van der Waals surface area contributed by atoms with Crippen LogP contribution in [-0.4, -0.2) is 12.1 Å². The number of hydrazone groups is 1. The van der Waals surface area contributed by atoms with Gasteiger partial charge in [-0.05, 0) is 36.8 Å². The molecule has 4 heteroatoms. The van der Waals surface area contributed by atoms with E-state index in [-0.39, 0.29) is 11.7 Å². The second-order valence-corrected chi connectivity index (χ2v) is 4.12. The smallest absolute Gasteiger partial charge is 0.267 e.